The fourth-order valence-corrected chi connectivity index (χ4v) is 3.51. The molecule has 10 nitrogen and oxygen atoms in total. The molecule has 0 saturated heterocycles. The number of carboxylic acid groups (broad SMARTS) is 2. The highest BCUT2D eigenvalue weighted by atomic mass is 33.1. The zero-order chi connectivity index (χ0) is 27.2. The van der Waals surface area contributed by atoms with E-state index in [2.05, 4.69) is 35.9 Å². The van der Waals surface area contributed by atoms with Crippen LogP contribution in [0.2, 0.25) is 0 Å². The Labute approximate surface area is 221 Å². The van der Waals surface area contributed by atoms with Crippen molar-refractivity contribution in [3.8, 4) is 0 Å². The van der Waals surface area contributed by atoms with Crippen LogP contribution >= 0.6 is 46.8 Å². The molecule has 202 valence electrons. The number of alkyl carbamates (subject to hydrolysis) is 2. The molecule has 0 aromatic carbocycles. The minimum Gasteiger partial charge on any atom is -0.481 e. The molecule has 0 bridgehead atoms. The van der Waals surface area contributed by atoms with Gasteiger partial charge in [0.05, 0.1) is 12.8 Å². The topological polar surface area (TPSA) is 151 Å². The van der Waals surface area contributed by atoms with E-state index >= 15 is 0 Å². The van der Waals surface area contributed by atoms with Gasteiger partial charge in [-0.1, -0.05) is 21.6 Å². The third-order valence-corrected chi connectivity index (χ3v) is 5.30. The predicted octanol–water partition coefficient (Wildman–Crippen LogP) is 4.20. The third-order valence-electron chi connectivity index (χ3n) is 2.44. The molecule has 0 saturated carbocycles. The Morgan fingerprint density at radius 1 is 0.706 bits per heavy atom. The van der Waals surface area contributed by atoms with Crippen molar-refractivity contribution in [3.05, 3.63) is 0 Å². The van der Waals surface area contributed by atoms with Crippen molar-refractivity contribution in [2.45, 2.75) is 65.6 Å². The molecule has 0 aromatic rings. The Bertz CT molecular complexity index is 582. The SMILES string of the molecule is CC(C)(C)OC(=O)NCCS.CC(C)(C)OC(=O)NCCSSCCC(=O)O.O=C(O)CCS. The zero-order valence-electron chi connectivity index (χ0n) is 20.7. The maximum absolute atomic E-state index is 11.2. The van der Waals surface area contributed by atoms with E-state index < -0.39 is 29.2 Å². The summed E-state index contributed by atoms with van der Waals surface area (Å²) in [6, 6.07) is 0. The Hall–Kier alpha value is -1.12. The van der Waals surface area contributed by atoms with E-state index in [0.717, 1.165) is 5.75 Å². The van der Waals surface area contributed by atoms with Crippen molar-refractivity contribution in [2.75, 3.05) is 36.1 Å². The molecule has 14 heteroatoms. The normalized spacial score (nSPS) is 10.5. The first-order chi connectivity index (χ1) is 15.5. The average Bonchev–Trinajstić information content (AvgIpc) is 2.63. The summed E-state index contributed by atoms with van der Waals surface area (Å²) in [7, 11) is 3.03. The summed E-state index contributed by atoms with van der Waals surface area (Å²) in [6.45, 7) is 12.0. The fourth-order valence-electron chi connectivity index (χ4n) is 1.32. The molecule has 2 amide bonds. The van der Waals surface area contributed by atoms with Crippen LogP contribution in [0.15, 0.2) is 0 Å². The summed E-state index contributed by atoms with van der Waals surface area (Å²) in [5.74, 6) is 0.778. The molecule has 0 spiro atoms. The summed E-state index contributed by atoms with van der Waals surface area (Å²) in [6.07, 6.45) is -0.486. The summed E-state index contributed by atoms with van der Waals surface area (Å²) in [5.41, 5.74) is -0.895. The number of hydrogen-bond acceptors (Lipinski definition) is 10. The number of hydrogen-bond donors (Lipinski definition) is 6. The number of aliphatic carboxylic acids is 2. The Morgan fingerprint density at radius 3 is 1.44 bits per heavy atom. The van der Waals surface area contributed by atoms with Gasteiger partial charge < -0.3 is 30.3 Å². The fraction of sp³-hybridized carbons (Fsp3) is 0.800. The lowest BCUT2D eigenvalue weighted by molar-refractivity contribution is -0.137. The first-order valence-electron chi connectivity index (χ1n) is 10.4. The molecule has 0 fully saturated rings. The van der Waals surface area contributed by atoms with Gasteiger partial charge >= 0.3 is 24.1 Å². The predicted molar refractivity (Wildman–Crippen MR) is 146 cm³/mol. The largest absolute Gasteiger partial charge is 0.481 e. The standard InChI is InChI=1S/C10H19NO4S2.C7H15NO2S.C3H6O2S/c1-10(2,3)15-9(14)11-5-7-17-16-6-4-8(12)13;1-7(2,3)10-6(9)8-4-5-11;4-3(5)1-2-6/h4-7H2,1-3H3,(H,11,14)(H,12,13);11H,4-5H2,1-3H3,(H,8,9);6H,1-2H2,(H,4,5). The second kappa shape index (κ2) is 22.4. The zero-order valence-corrected chi connectivity index (χ0v) is 24.1. The number of carboxylic acids is 2. The minimum atomic E-state index is -0.787. The number of nitrogens with one attached hydrogen (secondary N) is 2. The highest BCUT2D eigenvalue weighted by molar-refractivity contribution is 8.76. The molecule has 0 radical (unpaired) electrons. The number of rotatable bonds is 11. The van der Waals surface area contributed by atoms with Crippen LogP contribution < -0.4 is 10.6 Å². The molecule has 34 heavy (non-hydrogen) atoms. The lowest BCUT2D eigenvalue weighted by atomic mass is 10.2. The molecule has 0 aliphatic carbocycles. The minimum absolute atomic E-state index is 0.156. The maximum Gasteiger partial charge on any atom is 0.407 e. The number of ether oxygens (including phenoxy) is 2. The van der Waals surface area contributed by atoms with E-state index in [0.29, 0.717) is 30.3 Å². The van der Waals surface area contributed by atoms with Crippen molar-refractivity contribution >= 4 is 71.0 Å². The smallest absolute Gasteiger partial charge is 0.407 e. The molecule has 0 aliphatic rings. The molecular formula is C20H40N2O8S4. The average molecular weight is 565 g/mol. The van der Waals surface area contributed by atoms with Gasteiger partial charge in [0.15, 0.2) is 0 Å². The molecule has 0 atom stereocenters. The van der Waals surface area contributed by atoms with Gasteiger partial charge in [-0.05, 0) is 41.5 Å². The van der Waals surface area contributed by atoms with Gasteiger partial charge in [0.2, 0.25) is 0 Å². The van der Waals surface area contributed by atoms with Crippen LogP contribution in [0.4, 0.5) is 9.59 Å². The summed E-state index contributed by atoms with van der Waals surface area (Å²) in [5, 5.41) is 21.4. The van der Waals surface area contributed by atoms with E-state index in [1.165, 1.54) is 21.6 Å². The molecule has 0 heterocycles. The first-order valence-corrected chi connectivity index (χ1v) is 14.1. The van der Waals surface area contributed by atoms with Crippen molar-refractivity contribution in [2.24, 2.45) is 0 Å². The number of carbonyl (C=O) groups excluding carboxylic acids is 2. The molecule has 0 aliphatic heterocycles. The van der Waals surface area contributed by atoms with Crippen molar-refractivity contribution in [3.63, 3.8) is 0 Å². The van der Waals surface area contributed by atoms with E-state index in [9.17, 15) is 19.2 Å². The first kappa shape index (κ1) is 37.4. The van der Waals surface area contributed by atoms with Gasteiger partial charge in [-0.15, -0.1) is 0 Å². The maximum atomic E-state index is 11.2. The summed E-state index contributed by atoms with van der Waals surface area (Å²) in [4.78, 5) is 41.8. The van der Waals surface area contributed by atoms with Gasteiger partial charge in [0.1, 0.15) is 11.2 Å². The van der Waals surface area contributed by atoms with Crippen LogP contribution in [0.5, 0.6) is 0 Å². The van der Waals surface area contributed by atoms with Gasteiger partial charge in [0.25, 0.3) is 0 Å². The number of carbonyl (C=O) groups is 4. The van der Waals surface area contributed by atoms with Crippen LogP contribution in [-0.2, 0) is 19.1 Å². The molecule has 0 rings (SSSR count). The second-order valence-corrected chi connectivity index (χ2v) is 11.8. The van der Waals surface area contributed by atoms with Gasteiger partial charge in [-0.2, -0.15) is 25.3 Å². The van der Waals surface area contributed by atoms with Gasteiger partial charge in [-0.3, -0.25) is 9.59 Å². The highest BCUT2D eigenvalue weighted by Gasteiger charge is 2.15. The van der Waals surface area contributed by atoms with Crippen molar-refractivity contribution in [1.82, 2.24) is 10.6 Å². The van der Waals surface area contributed by atoms with Crippen LogP contribution in [0.3, 0.4) is 0 Å². The number of thiol groups is 2. The summed E-state index contributed by atoms with van der Waals surface area (Å²) >= 11 is 7.62. The van der Waals surface area contributed by atoms with Crippen LogP contribution in [0.1, 0.15) is 54.4 Å². The van der Waals surface area contributed by atoms with E-state index in [1.807, 2.05) is 41.5 Å². The van der Waals surface area contributed by atoms with Crippen LogP contribution in [0.25, 0.3) is 0 Å². The Balaban J connectivity index is -0.000000482. The molecule has 0 unspecified atom stereocenters. The van der Waals surface area contributed by atoms with Crippen LogP contribution in [0, 0.1) is 0 Å². The van der Waals surface area contributed by atoms with Crippen molar-refractivity contribution in [1.29, 1.82) is 0 Å². The van der Waals surface area contributed by atoms with Crippen molar-refractivity contribution < 1.29 is 38.9 Å². The lowest BCUT2D eigenvalue weighted by Crippen LogP contribution is -2.33. The van der Waals surface area contributed by atoms with Crippen LogP contribution in [-0.4, -0.2) is 81.6 Å². The quantitative estimate of drug-likeness (QED) is 0.122. The monoisotopic (exact) mass is 564 g/mol. The molecule has 0 aromatic heterocycles. The summed E-state index contributed by atoms with van der Waals surface area (Å²) < 4.78 is 10.0. The Morgan fingerprint density at radius 2 is 1.12 bits per heavy atom. The molecular weight excluding hydrogens is 524 g/mol. The lowest BCUT2D eigenvalue weighted by Gasteiger charge is -2.19. The van der Waals surface area contributed by atoms with Gasteiger partial charge in [0, 0.05) is 36.1 Å². The third kappa shape index (κ3) is 41.2. The van der Waals surface area contributed by atoms with E-state index in [1.54, 1.807) is 0 Å². The van der Waals surface area contributed by atoms with E-state index in [-0.39, 0.29) is 18.9 Å². The number of amides is 2. The Kier molecular flexibility index (Phi) is 24.6. The van der Waals surface area contributed by atoms with E-state index in [4.69, 9.17) is 19.7 Å². The highest BCUT2D eigenvalue weighted by Crippen LogP contribution is 2.21. The van der Waals surface area contributed by atoms with Gasteiger partial charge in [-0.25, -0.2) is 9.59 Å². The molecule has 4 N–H and O–H groups in total. The second-order valence-electron chi connectivity index (χ2n) is 8.24.